The highest BCUT2D eigenvalue weighted by molar-refractivity contribution is 6.17. The number of methoxy groups -OCH3 is 1. The molecule has 38 heavy (non-hydrogen) atoms. The molecule has 0 spiro atoms. The van der Waals surface area contributed by atoms with Gasteiger partial charge in [-0.3, -0.25) is 4.79 Å². The van der Waals surface area contributed by atoms with E-state index in [-0.39, 0.29) is 11.4 Å². The maximum Gasteiger partial charge on any atom is 0.259 e. The predicted molar refractivity (Wildman–Crippen MR) is 149 cm³/mol. The Balaban J connectivity index is 1.53. The first-order valence-electron chi connectivity index (χ1n) is 12.6. The number of nitrogens with zero attached hydrogens (tertiary/aromatic N) is 3. The van der Waals surface area contributed by atoms with Gasteiger partial charge in [-0.2, -0.15) is 0 Å². The second-order valence-corrected chi connectivity index (χ2v) is 9.81. The SMILES string of the molecule is CNc1ncnc2c1c(C(=O)Nc1ccc(COC)cc1)c(C#Cc1c[nH]c3ccccc13)n2C1(C)CC1. The average molecular weight is 505 g/mol. The smallest absolute Gasteiger partial charge is 0.259 e. The molecule has 3 N–H and O–H groups in total. The van der Waals surface area contributed by atoms with Gasteiger partial charge in [0.15, 0.2) is 0 Å². The molecule has 0 saturated heterocycles. The van der Waals surface area contributed by atoms with Gasteiger partial charge in [0, 0.05) is 42.5 Å². The lowest BCUT2D eigenvalue weighted by molar-refractivity contribution is 0.102. The Morgan fingerprint density at radius 3 is 2.66 bits per heavy atom. The molecule has 5 aromatic rings. The van der Waals surface area contributed by atoms with E-state index in [1.807, 2.05) is 54.7 Å². The van der Waals surface area contributed by atoms with E-state index in [1.165, 1.54) is 6.33 Å². The third-order valence-electron chi connectivity index (χ3n) is 7.15. The molecule has 3 heterocycles. The van der Waals surface area contributed by atoms with E-state index in [4.69, 9.17) is 4.74 Å². The fourth-order valence-corrected chi connectivity index (χ4v) is 4.92. The van der Waals surface area contributed by atoms with Crippen LogP contribution in [-0.2, 0) is 16.9 Å². The molecule has 0 bridgehead atoms. The normalized spacial score (nSPS) is 13.8. The summed E-state index contributed by atoms with van der Waals surface area (Å²) in [4.78, 5) is 26.3. The summed E-state index contributed by atoms with van der Waals surface area (Å²) in [6.07, 6.45) is 5.41. The highest BCUT2D eigenvalue weighted by Crippen LogP contribution is 2.47. The fraction of sp³-hybridized carbons (Fsp3) is 0.233. The molecule has 8 nitrogen and oxygen atoms in total. The number of anilines is 2. The van der Waals surface area contributed by atoms with Crippen molar-refractivity contribution in [2.75, 3.05) is 24.8 Å². The van der Waals surface area contributed by atoms with Crippen molar-refractivity contribution < 1.29 is 9.53 Å². The van der Waals surface area contributed by atoms with Gasteiger partial charge in [-0.05, 0) is 49.4 Å². The summed E-state index contributed by atoms with van der Waals surface area (Å²) in [6, 6.07) is 15.7. The maximum absolute atomic E-state index is 14.0. The number of nitrogens with one attached hydrogen (secondary N) is 3. The van der Waals surface area contributed by atoms with Gasteiger partial charge in [-0.1, -0.05) is 36.3 Å². The van der Waals surface area contributed by atoms with Gasteiger partial charge in [0.2, 0.25) is 0 Å². The molecule has 1 fully saturated rings. The third kappa shape index (κ3) is 4.07. The number of fused-ring (bicyclic) bond motifs is 2. The minimum Gasteiger partial charge on any atom is -0.380 e. The van der Waals surface area contributed by atoms with E-state index < -0.39 is 0 Å². The summed E-state index contributed by atoms with van der Waals surface area (Å²) < 4.78 is 7.33. The molecule has 8 heteroatoms. The topological polar surface area (TPSA) is 96.9 Å². The number of H-pyrrole nitrogens is 1. The number of aromatic amines is 1. The van der Waals surface area contributed by atoms with E-state index in [9.17, 15) is 4.79 Å². The average Bonchev–Trinajstić information content (AvgIpc) is 3.39. The number of amides is 1. The Morgan fingerprint density at radius 1 is 1.13 bits per heavy atom. The minimum atomic E-state index is -0.257. The Kier molecular flexibility index (Phi) is 5.86. The largest absolute Gasteiger partial charge is 0.380 e. The van der Waals surface area contributed by atoms with Crippen molar-refractivity contribution in [3.8, 4) is 11.8 Å². The van der Waals surface area contributed by atoms with Gasteiger partial charge in [-0.25, -0.2) is 9.97 Å². The van der Waals surface area contributed by atoms with E-state index in [0.29, 0.717) is 40.4 Å². The molecular weight excluding hydrogens is 476 g/mol. The number of rotatable bonds is 6. The predicted octanol–water partition coefficient (Wildman–Crippen LogP) is 5.26. The summed E-state index contributed by atoms with van der Waals surface area (Å²) in [5.41, 5.74) is 5.24. The van der Waals surface area contributed by atoms with Gasteiger partial charge >= 0.3 is 0 Å². The number of para-hydroxylation sites is 1. The van der Waals surface area contributed by atoms with Crippen LogP contribution in [0.5, 0.6) is 0 Å². The summed E-state index contributed by atoms with van der Waals surface area (Å²) in [5.74, 6) is 7.05. The number of carbonyl (C=O) groups is 1. The minimum absolute atomic E-state index is 0.165. The maximum atomic E-state index is 14.0. The number of hydrogen-bond acceptors (Lipinski definition) is 5. The summed E-state index contributed by atoms with van der Waals surface area (Å²) in [7, 11) is 3.46. The van der Waals surface area contributed by atoms with Crippen molar-refractivity contribution in [1.29, 1.82) is 0 Å². The van der Waals surface area contributed by atoms with Crippen LogP contribution in [0, 0.1) is 11.8 Å². The zero-order valence-electron chi connectivity index (χ0n) is 21.6. The van der Waals surface area contributed by atoms with Crippen LogP contribution in [-0.4, -0.2) is 39.6 Å². The van der Waals surface area contributed by atoms with E-state index in [0.717, 1.165) is 34.9 Å². The first-order valence-corrected chi connectivity index (χ1v) is 12.6. The standard InChI is InChI=1S/C30H28N6O2/c1-30(14-15-30)36-24(13-10-20-16-32-23-7-5-4-6-22(20)23)25(26-27(31-2)33-18-34-28(26)36)29(37)35-21-11-8-19(9-12-21)17-38-3/h4-9,11-12,16,18,32H,14-15,17H2,1-3H3,(H,35,37)(H,31,33,34). The first kappa shape index (κ1) is 23.8. The second kappa shape index (κ2) is 9.36. The lowest BCUT2D eigenvalue weighted by atomic mass is 10.1. The number of carbonyl (C=O) groups excluding carboxylic acids is 1. The Hall–Kier alpha value is -4.61. The third-order valence-corrected chi connectivity index (χ3v) is 7.15. The molecule has 3 aromatic heterocycles. The summed E-state index contributed by atoms with van der Waals surface area (Å²) >= 11 is 0. The van der Waals surface area contributed by atoms with Crippen LogP contribution in [0.2, 0.25) is 0 Å². The van der Waals surface area contributed by atoms with Crippen molar-refractivity contribution in [1.82, 2.24) is 19.5 Å². The van der Waals surface area contributed by atoms with Crippen molar-refractivity contribution in [2.45, 2.75) is 31.9 Å². The number of aromatic nitrogens is 4. The summed E-state index contributed by atoms with van der Waals surface area (Å²) in [6.45, 7) is 2.69. The van der Waals surface area contributed by atoms with Gasteiger partial charge in [0.25, 0.3) is 5.91 Å². The molecule has 6 rings (SSSR count). The lowest BCUT2D eigenvalue weighted by Crippen LogP contribution is -2.18. The number of hydrogen-bond donors (Lipinski definition) is 3. The molecule has 1 aliphatic rings. The van der Waals surface area contributed by atoms with Crippen molar-refractivity contribution in [3.05, 3.63) is 83.4 Å². The van der Waals surface area contributed by atoms with Crippen LogP contribution in [0.25, 0.3) is 21.9 Å². The van der Waals surface area contributed by atoms with Crippen molar-refractivity contribution in [3.63, 3.8) is 0 Å². The van der Waals surface area contributed by atoms with Crippen LogP contribution in [0.3, 0.4) is 0 Å². The van der Waals surface area contributed by atoms with Gasteiger partial charge in [0.1, 0.15) is 23.5 Å². The van der Waals surface area contributed by atoms with Gasteiger partial charge < -0.3 is 24.9 Å². The van der Waals surface area contributed by atoms with Crippen molar-refractivity contribution in [2.24, 2.45) is 0 Å². The first-order chi connectivity index (χ1) is 18.5. The second-order valence-electron chi connectivity index (χ2n) is 9.81. The van der Waals surface area contributed by atoms with Crippen LogP contribution in [0.1, 0.15) is 46.9 Å². The van der Waals surface area contributed by atoms with Crippen molar-refractivity contribution >= 4 is 39.3 Å². The Bertz CT molecular complexity index is 1730. The summed E-state index contributed by atoms with van der Waals surface area (Å²) in [5, 5.41) is 7.92. The molecule has 1 saturated carbocycles. The highest BCUT2D eigenvalue weighted by Gasteiger charge is 2.44. The van der Waals surface area contributed by atoms with Crippen LogP contribution in [0.4, 0.5) is 11.5 Å². The van der Waals surface area contributed by atoms with Crippen LogP contribution in [0.15, 0.2) is 61.1 Å². The highest BCUT2D eigenvalue weighted by atomic mass is 16.5. The molecule has 0 radical (unpaired) electrons. The molecule has 1 aliphatic carbocycles. The number of benzene rings is 2. The van der Waals surface area contributed by atoms with Gasteiger partial charge in [-0.15, -0.1) is 0 Å². The number of ether oxygens (including phenoxy) is 1. The molecule has 0 unspecified atom stereocenters. The molecular formula is C30H28N6O2. The van der Waals surface area contributed by atoms with Crippen LogP contribution >= 0.6 is 0 Å². The zero-order chi connectivity index (χ0) is 26.3. The monoisotopic (exact) mass is 504 g/mol. The zero-order valence-corrected chi connectivity index (χ0v) is 21.6. The molecule has 0 aliphatic heterocycles. The van der Waals surface area contributed by atoms with Crippen LogP contribution < -0.4 is 10.6 Å². The quantitative estimate of drug-likeness (QED) is 0.274. The Morgan fingerprint density at radius 2 is 1.92 bits per heavy atom. The Labute approximate surface area is 220 Å². The van der Waals surface area contributed by atoms with Gasteiger partial charge in [0.05, 0.1) is 23.1 Å². The fourth-order valence-electron chi connectivity index (χ4n) is 4.92. The molecule has 0 atom stereocenters. The molecule has 2 aromatic carbocycles. The van der Waals surface area contributed by atoms with E-state index in [1.54, 1.807) is 14.2 Å². The molecule has 190 valence electrons. The lowest BCUT2D eigenvalue weighted by Gasteiger charge is -2.14. The molecule has 1 amide bonds. The van der Waals surface area contributed by atoms with E-state index in [2.05, 4.69) is 48.9 Å². The van der Waals surface area contributed by atoms with E-state index >= 15 is 0 Å².